The number of hydrogen-bond acceptors (Lipinski definition) is 11. The minimum absolute atomic E-state index is 0.0329. The first-order valence-electron chi connectivity index (χ1n) is 11.7. The van der Waals surface area contributed by atoms with Gasteiger partial charge in [0.25, 0.3) is 0 Å². The molecule has 0 fully saturated rings. The number of fused-ring (bicyclic) bond motifs is 1. The molecule has 1 aromatic heterocycles. The van der Waals surface area contributed by atoms with Crippen molar-refractivity contribution in [3.05, 3.63) is 68.5 Å². The van der Waals surface area contributed by atoms with E-state index in [4.69, 9.17) is 0 Å². The zero-order valence-corrected chi connectivity index (χ0v) is 20.9. The number of nitro benzene ring substituents is 2. The standard InChI is InChI=1S/C23H25N7O6S/c1-3-5-8-14(4-2)28-25-23(37-26-28)21(22(32)15-9-6-7-10-20(15)31)27-13-24-16-11-18(29(33)34)19(30(35)36)12-17(16)27/h6-7,9-14,21,26,31H,3-5,8H2,1-2H3. The minimum Gasteiger partial charge on any atom is -0.507 e. The summed E-state index contributed by atoms with van der Waals surface area (Å²) >= 11 is 1.12. The highest BCUT2D eigenvalue weighted by Gasteiger charge is 2.36. The number of nitrogens with zero attached hydrogens (tertiary/aromatic N) is 6. The number of nitro groups is 2. The monoisotopic (exact) mass is 527 g/mol. The number of carbonyl (C=O) groups excluding carboxylic acids is 1. The fourth-order valence-corrected chi connectivity index (χ4v) is 5.02. The number of phenols is 1. The van der Waals surface area contributed by atoms with E-state index < -0.39 is 33.0 Å². The number of ketones is 1. The summed E-state index contributed by atoms with van der Waals surface area (Å²) in [4.78, 5) is 42.4. The van der Waals surface area contributed by atoms with Gasteiger partial charge in [-0.2, -0.15) is 9.93 Å². The maximum Gasteiger partial charge on any atom is 0.348 e. The Morgan fingerprint density at radius 1 is 1.16 bits per heavy atom. The van der Waals surface area contributed by atoms with E-state index >= 15 is 0 Å². The van der Waals surface area contributed by atoms with Gasteiger partial charge in [0.2, 0.25) is 0 Å². The summed E-state index contributed by atoms with van der Waals surface area (Å²) in [7, 11) is 0. The number of unbranched alkanes of at least 4 members (excludes halogenated alkanes) is 1. The van der Waals surface area contributed by atoms with Gasteiger partial charge in [0.1, 0.15) is 16.8 Å². The predicted octanol–water partition coefficient (Wildman–Crippen LogP) is 4.73. The van der Waals surface area contributed by atoms with Gasteiger partial charge in [-0.05, 0) is 36.9 Å². The third-order valence-corrected chi connectivity index (χ3v) is 6.94. The summed E-state index contributed by atoms with van der Waals surface area (Å²) in [5.74, 6) is -0.749. The third kappa shape index (κ3) is 5.11. The third-order valence-electron chi connectivity index (χ3n) is 6.15. The fourth-order valence-electron chi connectivity index (χ4n) is 4.18. The lowest BCUT2D eigenvalue weighted by Gasteiger charge is -2.23. The van der Waals surface area contributed by atoms with Gasteiger partial charge in [-0.3, -0.25) is 25.0 Å². The molecule has 1 aliphatic rings. The number of carbonyl (C=O) groups is 1. The van der Waals surface area contributed by atoms with Gasteiger partial charge in [0, 0.05) is 6.07 Å². The van der Waals surface area contributed by atoms with Crippen molar-refractivity contribution in [3.8, 4) is 5.75 Å². The Kier molecular flexibility index (Phi) is 7.69. The number of aromatic nitrogens is 2. The number of hydrazone groups is 1. The molecule has 2 aromatic carbocycles. The van der Waals surface area contributed by atoms with Crippen LogP contribution >= 0.6 is 11.9 Å². The van der Waals surface area contributed by atoms with Crippen LogP contribution in [0.1, 0.15) is 55.9 Å². The zero-order chi connectivity index (χ0) is 26.7. The molecule has 2 atom stereocenters. The number of para-hydroxylation sites is 1. The van der Waals surface area contributed by atoms with E-state index in [0.717, 1.165) is 49.8 Å². The number of benzene rings is 2. The van der Waals surface area contributed by atoms with E-state index in [0.29, 0.717) is 5.04 Å². The smallest absolute Gasteiger partial charge is 0.348 e. The average molecular weight is 528 g/mol. The van der Waals surface area contributed by atoms with Crippen molar-refractivity contribution in [1.82, 2.24) is 19.5 Å². The molecular formula is C23H25N7O6S. The molecule has 1 aliphatic heterocycles. The van der Waals surface area contributed by atoms with Crippen LogP contribution in [0.3, 0.4) is 0 Å². The van der Waals surface area contributed by atoms with Crippen LogP contribution in [0.2, 0.25) is 0 Å². The molecule has 0 bridgehead atoms. The second-order valence-corrected chi connectivity index (χ2v) is 9.27. The first kappa shape index (κ1) is 26.0. The van der Waals surface area contributed by atoms with Gasteiger partial charge in [-0.1, -0.05) is 38.8 Å². The Bertz CT molecular complexity index is 1390. The topological polar surface area (TPSA) is 169 Å². The van der Waals surface area contributed by atoms with Crippen LogP contribution in [0.25, 0.3) is 11.0 Å². The van der Waals surface area contributed by atoms with Crippen LogP contribution in [-0.2, 0) is 0 Å². The molecule has 0 saturated carbocycles. The number of aromatic hydroxyl groups is 1. The van der Waals surface area contributed by atoms with Gasteiger partial charge in [0.05, 0.1) is 44.9 Å². The highest BCUT2D eigenvalue weighted by molar-refractivity contribution is 8.12. The molecule has 2 heterocycles. The Labute approximate surface area is 215 Å². The second-order valence-electron chi connectivity index (χ2n) is 8.46. The molecule has 0 aliphatic carbocycles. The average Bonchev–Trinajstić information content (AvgIpc) is 3.52. The van der Waals surface area contributed by atoms with E-state index in [-0.39, 0.29) is 28.4 Å². The summed E-state index contributed by atoms with van der Waals surface area (Å²) in [6.07, 6.45) is 5.02. The van der Waals surface area contributed by atoms with E-state index in [1.807, 2.05) is 6.92 Å². The lowest BCUT2D eigenvalue weighted by atomic mass is 10.0. The molecule has 0 amide bonds. The molecular weight excluding hydrogens is 502 g/mol. The molecule has 14 heteroatoms. The lowest BCUT2D eigenvalue weighted by molar-refractivity contribution is -0.422. The maximum atomic E-state index is 13.8. The Morgan fingerprint density at radius 3 is 2.51 bits per heavy atom. The maximum absolute atomic E-state index is 13.8. The predicted molar refractivity (Wildman–Crippen MR) is 138 cm³/mol. The van der Waals surface area contributed by atoms with Crippen molar-refractivity contribution >= 4 is 45.2 Å². The van der Waals surface area contributed by atoms with Crippen LogP contribution in [0.15, 0.2) is 47.8 Å². The quantitative estimate of drug-likeness (QED) is 0.154. The van der Waals surface area contributed by atoms with Gasteiger partial charge in [-0.25, -0.2) is 10.1 Å². The van der Waals surface area contributed by atoms with Crippen LogP contribution in [0, 0.1) is 20.2 Å². The molecule has 0 saturated heterocycles. The highest BCUT2D eigenvalue weighted by Crippen LogP contribution is 2.36. The Balaban J connectivity index is 1.86. The van der Waals surface area contributed by atoms with Crippen molar-refractivity contribution < 1.29 is 19.7 Å². The summed E-state index contributed by atoms with van der Waals surface area (Å²) in [5, 5.41) is 40.1. The summed E-state index contributed by atoms with van der Waals surface area (Å²) in [6.45, 7) is 4.14. The summed E-state index contributed by atoms with van der Waals surface area (Å²) in [6, 6.07) is 7.02. The Hall–Kier alpha value is -4.04. The van der Waals surface area contributed by atoms with Crippen molar-refractivity contribution in [2.45, 2.75) is 51.6 Å². The highest BCUT2D eigenvalue weighted by atomic mass is 32.2. The van der Waals surface area contributed by atoms with E-state index in [9.17, 15) is 30.1 Å². The van der Waals surface area contributed by atoms with Gasteiger partial charge in [-0.15, -0.1) is 0 Å². The summed E-state index contributed by atoms with van der Waals surface area (Å²) in [5.41, 5.74) is -1.14. The van der Waals surface area contributed by atoms with Crippen LogP contribution in [0.5, 0.6) is 5.75 Å². The second kappa shape index (κ2) is 10.9. The van der Waals surface area contributed by atoms with E-state index in [1.165, 1.54) is 23.0 Å². The minimum atomic E-state index is -1.15. The molecule has 194 valence electrons. The molecule has 37 heavy (non-hydrogen) atoms. The molecule has 13 nitrogen and oxygen atoms in total. The molecule has 2 unspecified atom stereocenters. The van der Waals surface area contributed by atoms with Crippen molar-refractivity contribution in [2.75, 3.05) is 0 Å². The number of rotatable bonds is 11. The van der Waals surface area contributed by atoms with Gasteiger partial charge < -0.3 is 9.67 Å². The van der Waals surface area contributed by atoms with Gasteiger partial charge >= 0.3 is 11.4 Å². The Morgan fingerprint density at radius 2 is 1.86 bits per heavy atom. The van der Waals surface area contributed by atoms with E-state index in [1.54, 1.807) is 17.3 Å². The fraction of sp³-hybridized carbons (Fsp3) is 0.348. The number of Topliss-reactive ketones (excluding diaryl/α,β-unsaturated/α-hetero) is 1. The van der Waals surface area contributed by atoms with E-state index in [2.05, 4.69) is 21.8 Å². The number of imidazole rings is 1. The molecule has 0 spiro atoms. The van der Waals surface area contributed by atoms with Crippen molar-refractivity contribution in [2.24, 2.45) is 5.10 Å². The zero-order valence-electron chi connectivity index (χ0n) is 20.1. The first-order valence-corrected chi connectivity index (χ1v) is 12.5. The number of phenolic OH excluding ortho intramolecular Hbond substituents is 1. The van der Waals surface area contributed by atoms with Crippen LogP contribution in [-0.4, -0.2) is 46.5 Å². The number of hydrogen-bond donors (Lipinski definition) is 2. The molecule has 4 rings (SSSR count). The SMILES string of the molecule is CCCCC(CC)N1N=C(C(C(=O)c2ccccc2O)n2cnc3cc([N+](=O)[O-])c([N+](=O)[O-])cc32)SN1. The molecule has 3 aromatic rings. The molecule has 2 N–H and O–H groups in total. The number of hydrazine groups is 1. The van der Waals surface area contributed by atoms with Crippen molar-refractivity contribution in [3.63, 3.8) is 0 Å². The summed E-state index contributed by atoms with van der Waals surface area (Å²) < 4.78 is 1.39. The van der Waals surface area contributed by atoms with Crippen LogP contribution in [0.4, 0.5) is 11.4 Å². The molecule has 0 radical (unpaired) electrons. The largest absolute Gasteiger partial charge is 0.507 e. The van der Waals surface area contributed by atoms with Gasteiger partial charge in [0.15, 0.2) is 5.78 Å². The van der Waals surface area contributed by atoms with Crippen molar-refractivity contribution in [1.29, 1.82) is 0 Å². The lowest BCUT2D eigenvalue weighted by Crippen LogP contribution is -2.34. The normalized spacial score (nSPS) is 15.0. The number of nitrogens with one attached hydrogen (secondary N) is 1. The van der Waals surface area contributed by atoms with Crippen LogP contribution < -0.4 is 4.83 Å². The first-order chi connectivity index (χ1) is 17.8.